The Bertz CT molecular complexity index is 1780. The van der Waals surface area contributed by atoms with Crippen molar-refractivity contribution in [3.05, 3.63) is 97.1 Å². The normalized spacial score (nSPS) is 12.5. The molecule has 4 aromatic heterocycles. The maximum Gasteiger partial charge on any atom is 2.00 e. The fourth-order valence-electron chi connectivity index (χ4n) is 5.86. The number of hydrogen-bond donors (Lipinski definition) is 6. The summed E-state index contributed by atoms with van der Waals surface area (Å²) in [7, 11) is 0. The molecular formula is C32H22MnN8. The van der Waals surface area contributed by atoms with Crippen LogP contribution in [0, 0.1) is 0 Å². The molecule has 1 radical (unpaired) electrons. The van der Waals surface area contributed by atoms with Gasteiger partial charge in [-0.05, 0) is 21.5 Å². The van der Waals surface area contributed by atoms with Crippen LogP contribution < -0.4 is 31.2 Å². The second kappa shape index (κ2) is 8.89. The van der Waals surface area contributed by atoms with Crippen LogP contribution in [0.2, 0.25) is 0 Å². The van der Waals surface area contributed by atoms with Crippen molar-refractivity contribution in [1.29, 1.82) is 0 Å². The second-order valence-electron chi connectivity index (χ2n) is 10.1. The third-order valence-electron chi connectivity index (χ3n) is 7.73. The molecule has 9 heteroatoms. The van der Waals surface area contributed by atoms with E-state index in [2.05, 4.69) is 79.8 Å². The summed E-state index contributed by atoms with van der Waals surface area (Å²) in [5.41, 5.74) is 0. The Morgan fingerprint density at radius 1 is 0.317 bits per heavy atom. The average Bonchev–Trinajstić information content (AvgIpc) is 3.73. The third-order valence-corrected chi connectivity index (χ3v) is 7.73. The standard InChI is InChI=1S/C32H22N8.Mn/c1-2-10-18-17(9-1)25-33-26(18)38-28-21-13-5-6-14-22(21)30(35-28)40-32-24-16-8-7-15-23(24)31(36-32)39-29-20-12-4-3-11-19(20)27(34-29)37-25;/h1-16,33,36-40H;/q-2;+2. The van der Waals surface area contributed by atoms with Gasteiger partial charge in [0.1, 0.15) is 0 Å². The Morgan fingerprint density at radius 3 is 0.780 bits per heavy atom. The van der Waals surface area contributed by atoms with E-state index in [0.717, 1.165) is 89.6 Å². The largest absolute Gasteiger partial charge is 2.00 e. The van der Waals surface area contributed by atoms with Gasteiger partial charge >= 0.3 is 17.1 Å². The van der Waals surface area contributed by atoms with Gasteiger partial charge in [-0.1, -0.05) is 97.1 Å². The molecular weight excluding hydrogens is 551 g/mol. The molecule has 0 saturated carbocycles. The van der Waals surface area contributed by atoms with Gasteiger partial charge in [-0.15, -0.1) is 0 Å². The summed E-state index contributed by atoms with van der Waals surface area (Å²) in [6.45, 7) is 0. The number of rotatable bonds is 0. The summed E-state index contributed by atoms with van der Waals surface area (Å²) < 4.78 is 0. The van der Waals surface area contributed by atoms with Crippen molar-refractivity contribution < 1.29 is 17.1 Å². The first-order valence-corrected chi connectivity index (χ1v) is 13.2. The molecule has 8 nitrogen and oxygen atoms in total. The molecule has 0 atom stereocenters. The number of aromatic nitrogens is 4. The van der Waals surface area contributed by atoms with Crippen LogP contribution in [0.25, 0.3) is 43.1 Å². The van der Waals surface area contributed by atoms with Gasteiger partial charge < -0.3 is 41.2 Å². The smallest absolute Gasteiger partial charge is 0.400 e. The molecule has 9 rings (SSSR count). The van der Waals surface area contributed by atoms with Gasteiger partial charge in [0.2, 0.25) is 0 Å². The molecule has 8 bridgehead atoms. The van der Waals surface area contributed by atoms with Gasteiger partial charge in [-0.3, -0.25) is 0 Å². The van der Waals surface area contributed by atoms with E-state index in [0.29, 0.717) is 0 Å². The van der Waals surface area contributed by atoms with Crippen LogP contribution in [0.4, 0.5) is 46.5 Å². The maximum atomic E-state index is 5.04. The molecule has 41 heavy (non-hydrogen) atoms. The van der Waals surface area contributed by atoms with Crippen LogP contribution in [-0.2, 0) is 17.1 Å². The van der Waals surface area contributed by atoms with E-state index in [1.165, 1.54) is 0 Å². The fourth-order valence-corrected chi connectivity index (χ4v) is 5.86. The van der Waals surface area contributed by atoms with Crippen molar-refractivity contribution in [3.63, 3.8) is 0 Å². The molecule has 8 aromatic rings. The van der Waals surface area contributed by atoms with Crippen LogP contribution in [0.1, 0.15) is 0 Å². The van der Waals surface area contributed by atoms with Crippen molar-refractivity contribution >= 4 is 89.6 Å². The maximum absolute atomic E-state index is 5.04. The Kier molecular flexibility index (Phi) is 5.12. The van der Waals surface area contributed by atoms with Crippen molar-refractivity contribution in [2.75, 3.05) is 21.3 Å². The van der Waals surface area contributed by atoms with Gasteiger partial charge in [-0.25, -0.2) is 0 Å². The molecule has 4 aromatic carbocycles. The topological polar surface area (TPSA) is 108 Å². The first kappa shape index (κ1) is 23.6. The van der Waals surface area contributed by atoms with Crippen molar-refractivity contribution in [1.82, 2.24) is 19.9 Å². The number of nitrogens with zero attached hydrogens (tertiary/aromatic N) is 2. The fraction of sp³-hybridized carbons (Fsp3) is 0. The summed E-state index contributed by atoms with van der Waals surface area (Å²) in [6, 6.07) is 33.1. The van der Waals surface area contributed by atoms with Crippen LogP contribution in [-0.4, -0.2) is 9.97 Å². The zero-order valence-corrected chi connectivity index (χ0v) is 22.7. The zero-order chi connectivity index (χ0) is 26.2. The van der Waals surface area contributed by atoms with Crippen LogP contribution in [0.3, 0.4) is 0 Å². The van der Waals surface area contributed by atoms with E-state index in [-0.39, 0.29) is 17.1 Å². The molecule has 0 saturated heterocycles. The minimum atomic E-state index is 0. The molecule has 1 aliphatic heterocycles. The number of aromatic amines is 2. The molecule has 6 N–H and O–H groups in total. The number of nitrogens with one attached hydrogen (secondary N) is 6. The quantitative estimate of drug-likeness (QED) is 0.102. The Labute approximate surface area is 244 Å². The van der Waals surface area contributed by atoms with Crippen molar-refractivity contribution in [2.24, 2.45) is 0 Å². The number of fused-ring (bicyclic) bond motifs is 20. The van der Waals surface area contributed by atoms with Crippen molar-refractivity contribution in [3.8, 4) is 0 Å². The van der Waals surface area contributed by atoms with E-state index in [1.54, 1.807) is 0 Å². The number of H-pyrrole nitrogens is 2. The minimum absolute atomic E-state index is 0. The Hall–Kier alpha value is -5.24. The molecule has 0 fully saturated rings. The first-order valence-electron chi connectivity index (χ1n) is 13.2. The summed E-state index contributed by atoms with van der Waals surface area (Å²) in [6.07, 6.45) is 0. The van der Waals surface area contributed by atoms with Gasteiger partial charge in [0.15, 0.2) is 0 Å². The van der Waals surface area contributed by atoms with Gasteiger partial charge in [0.25, 0.3) is 0 Å². The Balaban J connectivity index is 0.00000256. The van der Waals surface area contributed by atoms with E-state index >= 15 is 0 Å². The first-order chi connectivity index (χ1) is 19.8. The number of hydrogen-bond acceptors (Lipinski definition) is 4. The SMILES string of the molecule is [Mn+2].c1ccc2c3[n-]c(c2c1)Nc1[nH]c(c2ccccc12)Nc1[n-]c(c2ccccc12)Nc1[nH]c(c2ccccc12)N3. The van der Waals surface area contributed by atoms with Crippen molar-refractivity contribution in [2.45, 2.75) is 0 Å². The molecule has 1 aliphatic rings. The predicted molar refractivity (Wildman–Crippen MR) is 164 cm³/mol. The van der Waals surface area contributed by atoms with Gasteiger partial charge in [0, 0.05) is 44.8 Å². The molecule has 0 aliphatic carbocycles. The molecule has 0 amide bonds. The zero-order valence-electron chi connectivity index (χ0n) is 21.5. The number of benzene rings is 4. The third kappa shape index (κ3) is 3.53. The summed E-state index contributed by atoms with van der Waals surface area (Å²) >= 11 is 0. The van der Waals surface area contributed by atoms with Crippen LogP contribution in [0.15, 0.2) is 97.1 Å². The van der Waals surface area contributed by atoms with Gasteiger partial charge in [-0.2, -0.15) is 0 Å². The van der Waals surface area contributed by atoms with Gasteiger partial charge in [0.05, 0.1) is 23.3 Å². The Morgan fingerprint density at radius 2 is 0.537 bits per heavy atom. The minimum Gasteiger partial charge on any atom is -0.400 e. The molecule has 5 heterocycles. The molecule has 0 unspecified atom stereocenters. The van der Waals surface area contributed by atoms with E-state index in [1.807, 2.05) is 48.5 Å². The van der Waals surface area contributed by atoms with Crippen LogP contribution >= 0.6 is 0 Å². The average molecular weight is 574 g/mol. The molecule has 197 valence electrons. The predicted octanol–water partition coefficient (Wildman–Crippen LogP) is 8.16. The monoisotopic (exact) mass is 573 g/mol. The summed E-state index contributed by atoms with van der Waals surface area (Å²) in [4.78, 5) is 17.2. The summed E-state index contributed by atoms with van der Waals surface area (Å²) in [5, 5.41) is 22.8. The second-order valence-corrected chi connectivity index (χ2v) is 10.1. The van der Waals surface area contributed by atoms with E-state index in [4.69, 9.17) is 9.97 Å². The van der Waals surface area contributed by atoms with E-state index < -0.39 is 0 Å². The van der Waals surface area contributed by atoms with Crippen LogP contribution in [0.5, 0.6) is 0 Å². The van der Waals surface area contributed by atoms with E-state index in [9.17, 15) is 0 Å². The number of anilines is 8. The molecule has 0 spiro atoms. The summed E-state index contributed by atoms with van der Waals surface area (Å²) in [5.74, 6) is 6.55.